The van der Waals surface area contributed by atoms with Gasteiger partial charge in [0.15, 0.2) is 0 Å². The Hall–Kier alpha value is -1.28. The van der Waals surface area contributed by atoms with Crippen LogP contribution in [-0.2, 0) is 4.74 Å². The summed E-state index contributed by atoms with van der Waals surface area (Å²) in [5, 5.41) is 0. The third-order valence-electron chi connectivity index (χ3n) is 2.03. The van der Waals surface area contributed by atoms with Crippen LogP contribution < -0.4 is 4.74 Å². The van der Waals surface area contributed by atoms with Gasteiger partial charge < -0.3 is 9.47 Å². The van der Waals surface area contributed by atoms with Gasteiger partial charge in [0.1, 0.15) is 12.4 Å². The second-order valence-electron chi connectivity index (χ2n) is 3.74. The fourth-order valence-electron chi connectivity index (χ4n) is 1.28. The van der Waals surface area contributed by atoms with Gasteiger partial charge in [-0.1, -0.05) is 45.1 Å². The van der Waals surface area contributed by atoms with Crippen molar-refractivity contribution in [3.05, 3.63) is 35.9 Å². The minimum absolute atomic E-state index is 0.570. The molecule has 2 nitrogen and oxygen atoms in total. The van der Waals surface area contributed by atoms with Crippen LogP contribution in [0.3, 0.4) is 0 Å². The molecule has 1 aromatic carbocycles. The van der Waals surface area contributed by atoms with Crippen LogP contribution in [0.15, 0.2) is 24.8 Å². The molecule has 0 saturated heterocycles. The summed E-state index contributed by atoms with van der Waals surface area (Å²) < 4.78 is 10.5. The zero-order valence-electron chi connectivity index (χ0n) is 11.5. The van der Waals surface area contributed by atoms with Crippen molar-refractivity contribution in [3.8, 4) is 5.75 Å². The summed E-state index contributed by atoms with van der Waals surface area (Å²) in [4.78, 5) is 0. The van der Waals surface area contributed by atoms with E-state index in [1.165, 1.54) is 12.0 Å². The standard InChI is InChI=1S/C12H16O2.C3H8/c1-4-11-10(2)6-5-7-12(11)14-9-8-13-3;1-3-2/h4-7H,1,8-9H2,2-3H3;3H2,1-2H3. The molecule has 0 saturated carbocycles. The minimum Gasteiger partial charge on any atom is -0.491 e. The quantitative estimate of drug-likeness (QED) is 0.717. The van der Waals surface area contributed by atoms with Gasteiger partial charge in [-0.05, 0) is 18.6 Å². The smallest absolute Gasteiger partial charge is 0.126 e. The first kappa shape index (κ1) is 15.7. The molecular weight excluding hydrogens is 212 g/mol. The van der Waals surface area contributed by atoms with Crippen molar-refractivity contribution in [3.63, 3.8) is 0 Å². The molecule has 2 heteroatoms. The molecule has 0 aromatic heterocycles. The Labute approximate surface area is 105 Å². The molecule has 0 radical (unpaired) electrons. The van der Waals surface area contributed by atoms with E-state index >= 15 is 0 Å². The highest BCUT2D eigenvalue weighted by Crippen LogP contribution is 2.22. The van der Waals surface area contributed by atoms with E-state index in [4.69, 9.17) is 9.47 Å². The Balaban J connectivity index is 0.000000770. The predicted octanol–water partition coefficient (Wildman–Crippen LogP) is 4.08. The van der Waals surface area contributed by atoms with Crippen molar-refractivity contribution in [1.82, 2.24) is 0 Å². The van der Waals surface area contributed by atoms with Gasteiger partial charge in [-0.15, -0.1) is 0 Å². The van der Waals surface area contributed by atoms with Crippen molar-refractivity contribution in [2.75, 3.05) is 20.3 Å². The molecule has 0 fully saturated rings. The lowest BCUT2D eigenvalue weighted by Crippen LogP contribution is -2.05. The lowest BCUT2D eigenvalue weighted by atomic mass is 10.1. The maximum absolute atomic E-state index is 5.55. The number of methoxy groups -OCH3 is 1. The van der Waals surface area contributed by atoms with Crippen molar-refractivity contribution in [1.29, 1.82) is 0 Å². The normalized spacial score (nSPS) is 9.18. The first-order chi connectivity index (χ1) is 8.21. The van der Waals surface area contributed by atoms with Crippen molar-refractivity contribution >= 4 is 6.08 Å². The number of hydrogen-bond acceptors (Lipinski definition) is 2. The number of benzene rings is 1. The van der Waals surface area contributed by atoms with E-state index in [1.54, 1.807) is 7.11 Å². The van der Waals surface area contributed by atoms with Crippen LogP contribution in [-0.4, -0.2) is 20.3 Å². The molecule has 0 N–H and O–H groups in total. The molecule has 0 aliphatic rings. The average molecular weight is 236 g/mol. The van der Waals surface area contributed by atoms with Crippen molar-refractivity contribution < 1.29 is 9.47 Å². The average Bonchev–Trinajstić information content (AvgIpc) is 2.31. The van der Waals surface area contributed by atoms with E-state index in [0.29, 0.717) is 13.2 Å². The maximum atomic E-state index is 5.55. The zero-order chi connectivity index (χ0) is 13.1. The summed E-state index contributed by atoms with van der Waals surface area (Å²) in [6.45, 7) is 11.2. The van der Waals surface area contributed by atoms with E-state index in [2.05, 4.69) is 20.4 Å². The summed E-state index contributed by atoms with van der Waals surface area (Å²) in [7, 11) is 1.66. The van der Waals surface area contributed by atoms with Gasteiger partial charge >= 0.3 is 0 Å². The molecule has 0 aliphatic carbocycles. The fraction of sp³-hybridized carbons (Fsp3) is 0.467. The molecule has 1 aromatic rings. The van der Waals surface area contributed by atoms with Crippen LogP contribution in [0.5, 0.6) is 5.75 Å². The third kappa shape index (κ3) is 6.12. The summed E-state index contributed by atoms with van der Waals surface area (Å²) in [5.41, 5.74) is 2.23. The van der Waals surface area contributed by atoms with Gasteiger partial charge in [0, 0.05) is 12.7 Å². The summed E-state index contributed by atoms with van der Waals surface area (Å²) in [6.07, 6.45) is 3.07. The van der Waals surface area contributed by atoms with Crippen LogP contribution in [0.2, 0.25) is 0 Å². The van der Waals surface area contributed by atoms with Crippen molar-refractivity contribution in [2.45, 2.75) is 27.2 Å². The third-order valence-corrected chi connectivity index (χ3v) is 2.03. The van der Waals surface area contributed by atoms with Crippen LogP contribution >= 0.6 is 0 Å². The van der Waals surface area contributed by atoms with E-state index in [0.717, 1.165) is 11.3 Å². The van der Waals surface area contributed by atoms with E-state index in [1.807, 2.05) is 31.2 Å². The Morgan fingerprint density at radius 1 is 1.24 bits per heavy atom. The highest BCUT2D eigenvalue weighted by Gasteiger charge is 2.02. The van der Waals surface area contributed by atoms with Gasteiger partial charge in [-0.25, -0.2) is 0 Å². The van der Waals surface area contributed by atoms with Crippen LogP contribution in [0, 0.1) is 6.92 Å². The largest absolute Gasteiger partial charge is 0.491 e. The molecule has 0 spiro atoms. The SMILES string of the molecule is C=Cc1c(C)cccc1OCCOC.CCC. The highest BCUT2D eigenvalue weighted by atomic mass is 16.5. The number of ether oxygens (including phenoxy) is 2. The fourth-order valence-corrected chi connectivity index (χ4v) is 1.28. The zero-order valence-corrected chi connectivity index (χ0v) is 11.5. The molecule has 17 heavy (non-hydrogen) atoms. The maximum Gasteiger partial charge on any atom is 0.126 e. The van der Waals surface area contributed by atoms with Crippen molar-refractivity contribution in [2.24, 2.45) is 0 Å². The molecule has 0 aliphatic heterocycles. The van der Waals surface area contributed by atoms with Gasteiger partial charge in [-0.3, -0.25) is 0 Å². The summed E-state index contributed by atoms with van der Waals surface area (Å²) >= 11 is 0. The highest BCUT2D eigenvalue weighted by molar-refractivity contribution is 5.59. The molecule has 0 amide bonds. The lowest BCUT2D eigenvalue weighted by Gasteiger charge is -2.10. The second kappa shape index (κ2) is 9.91. The Bertz CT molecular complexity index is 319. The first-order valence-corrected chi connectivity index (χ1v) is 6.04. The van der Waals surface area contributed by atoms with Gasteiger partial charge in [0.05, 0.1) is 6.61 Å². The monoisotopic (exact) mass is 236 g/mol. The van der Waals surface area contributed by atoms with Crippen LogP contribution in [0.1, 0.15) is 31.4 Å². The first-order valence-electron chi connectivity index (χ1n) is 6.04. The Kier molecular flexibility index (Phi) is 9.17. The molecule has 0 atom stereocenters. The Morgan fingerprint density at radius 2 is 1.88 bits per heavy atom. The van der Waals surface area contributed by atoms with Crippen LogP contribution in [0.4, 0.5) is 0 Å². The second-order valence-corrected chi connectivity index (χ2v) is 3.74. The van der Waals surface area contributed by atoms with Crippen LogP contribution in [0.25, 0.3) is 6.08 Å². The molecule has 0 bridgehead atoms. The van der Waals surface area contributed by atoms with Gasteiger partial charge in [-0.2, -0.15) is 0 Å². The topological polar surface area (TPSA) is 18.5 Å². The number of hydrogen-bond donors (Lipinski definition) is 0. The lowest BCUT2D eigenvalue weighted by molar-refractivity contribution is 0.146. The van der Waals surface area contributed by atoms with Gasteiger partial charge in [0.25, 0.3) is 0 Å². The minimum atomic E-state index is 0.570. The molecule has 96 valence electrons. The molecule has 0 unspecified atom stereocenters. The molecule has 0 heterocycles. The predicted molar refractivity (Wildman–Crippen MR) is 74.6 cm³/mol. The number of rotatable bonds is 5. The summed E-state index contributed by atoms with van der Waals surface area (Å²) in [5.74, 6) is 0.872. The van der Waals surface area contributed by atoms with Gasteiger partial charge in [0.2, 0.25) is 0 Å². The van der Waals surface area contributed by atoms with E-state index in [-0.39, 0.29) is 0 Å². The summed E-state index contributed by atoms with van der Waals surface area (Å²) in [6, 6.07) is 5.96. The Morgan fingerprint density at radius 3 is 2.41 bits per heavy atom. The molecule has 1 rings (SSSR count). The number of aryl methyl sites for hydroxylation is 1. The van der Waals surface area contributed by atoms with E-state index in [9.17, 15) is 0 Å². The molecular formula is C15H24O2. The van der Waals surface area contributed by atoms with E-state index < -0.39 is 0 Å².